The Morgan fingerprint density at radius 1 is 1.16 bits per heavy atom. The third-order valence-corrected chi connectivity index (χ3v) is 6.65. The highest BCUT2D eigenvalue weighted by Gasteiger charge is 2.30. The third-order valence-electron chi connectivity index (χ3n) is 5.32. The van der Waals surface area contributed by atoms with E-state index in [4.69, 9.17) is 11.6 Å². The molecule has 31 heavy (non-hydrogen) atoms. The molecule has 0 saturated heterocycles. The number of aromatic nitrogens is 1. The predicted molar refractivity (Wildman–Crippen MR) is 127 cm³/mol. The molecule has 1 aliphatic heterocycles. The number of halogens is 1. The maximum Gasteiger partial charge on any atom is 0.271 e. The summed E-state index contributed by atoms with van der Waals surface area (Å²) in [5.74, 6) is -0.0941. The van der Waals surface area contributed by atoms with Crippen LogP contribution in [0.1, 0.15) is 31.0 Å². The average molecular weight is 452 g/mol. The van der Waals surface area contributed by atoms with Crippen molar-refractivity contribution in [1.82, 2.24) is 4.57 Å². The minimum absolute atomic E-state index is 0.0941. The van der Waals surface area contributed by atoms with Crippen molar-refractivity contribution in [1.29, 1.82) is 0 Å². The van der Waals surface area contributed by atoms with Crippen molar-refractivity contribution in [3.63, 3.8) is 0 Å². The van der Waals surface area contributed by atoms with Crippen LogP contribution < -0.4 is 19.8 Å². The van der Waals surface area contributed by atoms with Gasteiger partial charge in [-0.25, -0.2) is 4.99 Å². The summed E-state index contributed by atoms with van der Waals surface area (Å²) in [4.78, 5) is 33.2. The van der Waals surface area contributed by atoms with Gasteiger partial charge in [-0.3, -0.25) is 14.2 Å². The largest absolute Gasteiger partial charge is 0.378 e. The lowest BCUT2D eigenvalue weighted by Crippen LogP contribution is -2.39. The van der Waals surface area contributed by atoms with Gasteiger partial charge in [-0.05, 0) is 49.2 Å². The fourth-order valence-corrected chi connectivity index (χ4v) is 5.00. The quantitative estimate of drug-likeness (QED) is 0.609. The van der Waals surface area contributed by atoms with Crippen molar-refractivity contribution in [2.24, 2.45) is 4.99 Å². The highest BCUT2D eigenvalue weighted by molar-refractivity contribution is 7.07. The molecule has 1 aliphatic rings. The van der Waals surface area contributed by atoms with E-state index in [0.29, 0.717) is 25.6 Å². The van der Waals surface area contributed by atoms with Gasteiger partial charge in [-0.15, -0.1) is 0 Å². The number of nitrogens with zero attached hydrogens (tertiary/aromatic N) is 3. The number of hydrogen-bond acceptors (Lipinski definition) is 5. The van der Waals surface area contributed by atoms with Crippen LogP contribution in [0.2, 0.25) is 5.02 Å². The number of ketones is 1. The van der Waals surface area contributed by atoms with Crippen LogP contribution in [-0.2, 0) is 4.79 Å². The number of Topliss-reactive ketones (excluding diaryl/α,β-unsaturated/α-hetero) is 1. The Bertz CT molecular complexity index is 1380. The van der Waals surface area contributed by atoms with Gasteiger partial charge in [-0.2, -0.15) is 0 Å². The Morgan fingerprint density at radius 2 is 1.84 bits per heavy atom. The molecule has 0 radical (unpaired) electrons. The first-order chi connectivity index (χ1) is 14.8. The highest BCUT2D eigenvalue weighted by Crippen LogP contribution is 2.31. The fourth-order valence-electron chi connectivity index (χ4n) is 3.77. The summed E-state index contributed by atoms with van der Waals surface area (Å²) in [6, 6.07) is 14.8. The predicted octanol–water partition coefficient (Wildman–Crippen LogP) is 3.54. The fraction of sp³-hybridized carbons (Fsp3) is 0.208. The van der Waals surface area contributed by atoms with Crippen molar-refractivity contribution in [3.8, 4) is 0 Å². The normalized spacial score (nSPS) is 16.2. The second-order valence-electron chi connectivity index (χ2n) is 7.65. The summed E-state index contributed by atoms with van der Waals surface area (Å²) in [7, 11) is 3.94. The van der Waals surface area contributed by atoms with E-state index in [2.05, 4.69) is 4.99 Å². The molecule has 1 aromatic heterocycles. The van der Waals surface area contributed by atoms with Crippen molar-refractivity contribution in [3.05, 3.63) is 95.6 Å². The van der Waals surface area contributed by atoms with Crippen molar-refractivity contribution in [2.75, 3.05) is 19.0 Å². The summed E-state index contributed by atoms with van der Waals surface area (Å²) in [6.07, 6.45) is 1.78. The van der Waals surface area contributed by atoms with Crippen LogP contribution in [-0.4, -0.2) is 24.4 Å². The van der Waals surface area contributed by atoms with E-state index in [9.17, 15) is 9.59 Å². The maximum absolute atomic E-state index is 13.5. The molecule has 0 unspecified atom stereocenters. The zero-order valence-corrected chi connectivity index (χ0v) is 19.3. The summed E-state index contributed by atoms with van der Waals surface area (Å²) in [5, 5.41) is 0.574. The van der Waals surface area contributed by atoms with Crippen molar-refractivity contribution >= 4 is 40.5 Å². The zero-order valence-electron chi connectivity index (χ0n) is 17.7. The molecule has 3 aromatic rings. The summed E-state index contributed by atoms with van der Waals surface area (Å²) in [6.45, 7) is 3.35. The smallest absolute Gasteiger partial charge is 0.271 e. The van der Waals surface area contributed by atoms with E-state index in [1.165, 1.54) is 18.3 Å². The molecule has 0 bridgehead atoms. The number of carbonyl (C=O) groups excluding carboxylic acids is 1. The van der Waals surface area contributed by atoms with E-state index in [1.807, 2.05) is 68.4 Å². The van der Waals surface area contributed by atoms with E-state index in [0.717, 1.165) is 16.8 Å². The number of benzene rings is 2. The number of fused-ring (bicyclic) bond motifs is 1. The minimum Gasteiger partial charge on any atom is -0.378 e. The van der Waals surface area contributed by atoms with E-state index in [-0.39, 0.29) is 11.3 Å². The van der Waals surface area contributed by atoms with Gasteiger partial charge in [0.1, 0.15) is 0 Å². The Labute approximate surface area is 189 Å². The third kappa shape index (κ3) is 3.89. The zero-order chi connectivity index (χ0) is 22.3. The second-order valence-corrected chi connectivity index (χ2v) is 9.06. The highest BCUT2D eigenvalue weighted by atomic mass is 35.5. The SMILES string of the molecule is CC(=O)C1=C(C)N=c2s/c(=C/c3ccccc3Cl)c(=O)n2[C@@H]1c1ccc(N(C)C)cc1. The molecule has 0 amide bonds. The molecule has 0 N–H and O–H groups in total. The van der Waals surface area contributed by atoms with Crippen LogP contribution >= 0.6 is 22.9 Å². The maximum atomic E-state index is 13.5. The number of hydrogen-bond donors (Lipinski definition) is 0. The number of allylic oxidation sites excluding steroid dienone is 2. The Morgan fingerprint density at radius 3 is 2.45 bits per heavy atom. The van der Waals surface area contributed by atoms with Gasteiger partial charge < -0.3 is 4.90 Å². The van der Waals surface area contributed by atoms with Gasteiger partial charge in [0.15, 0.2) is 10.6 Å². The molecule has 0 saturated carbocycles. The Balaban J connectivity index is 1.96. The molecule has 2 aromatic carbocycles. The number of rotatable bonds is 4. The molecule has 0 spiro atoms. The second kappa shape index (κ2) is 8.29. The van der Waals surface area contributed by atoms with E-state index >= 15 is 0 Å². The van der Waals surface area contributed by atoms with Gasteiger partial charge >= 0.3 is 0 Å². The van der Waals surface area contributed by atoms with Crippen LogP contribution in [0.4, 0.5) is 5.69 Å². The number of thiazole rings is 1. The first kappa shape index (κ1) is 21.3. The number of anilines is 1. The van der Waals surface area contributed by atoms with Crippen LogP contribution in [0.3, 0.4) is 0 Å². The molecule has 1 atom stereocenters. The standard InChI is InChI=1S/C24H22ClN3O2S/c1-14-21(15(2)29)22(16-9-11-18(12-10-16)27(3)4)28-23(30)20(31-24(28)26-14)13-17-7-5-6-8-19(17)25/h5-13,22H,1-4H3/b20-13+/t22-/m1/s1. The summed E-state index contributed by atoms with van der Waals surface area (Å²) in [5.41, 5.74) is 3.67. The van der Waals surface area contributed by atoms with Gasteiger partial charge in [0.05, 0.1) is 10.6 Å². The molecule has 0 fully saturated rings. The summed E-state index contributed by atoms with van der Waals surface area (Å²) >= 11 is 7.60. The van der Waals surface area contributed by atoms with E-state index < -0.39 is 6.04 Å². The first-order valence-electron chi connectivity index (χ1n) is 9.83. The number of carbonyl (C=O) groups is 1. The molecule has 158 valence electrons. The lowest BCUT2D eigenvalue weighted by molar-refractivity contribution is -0.114. The molecule has 2 heterocycles. The van der Waals surface area contributed by atoms with Crippen LogP contribution in [0.15, 0.2) is 69.6 Å². The minimum atomic E-state index is -0.515. The Hall–Kier alpha value is -2.96. The molecule has 4 rings (SSSR count). The average Bonchev–Trinajstić information content (AvgIpc) is 3.03. The topological polar surface area (TPSA) is 54.7 Å². The van der Waals surface area contributed by atoms with Gasteiger partial charge in [0, 0.05) is 36.1 Å². The van der Waals surface area contributed by atoms with Crippen LogP contribution in [0.5, 0.6) is 0 Å². The lowest BCUT2D eigenvalue weighted by atomic mass is 9.93. The van der Waals surface area contributed by atoms with Gasteiger partial charge in [-0.1, -0.05) is 53.3 Å². The molecule has 7 heteroatoms. The first-order valence-corrected chi connectivity index (χ1v) is 11.0. The van der Waals surface area contributed by atoms with Gasteiger partial charge in [0.2, 0.25) is 0 Å². The lowest BCUT2D eigenvalue weighted by Gasteiger charge is -2.25. The van der Waals surface area contributed by atoms with Crippen molar-refractivity contribution in [2.45, 2.75) is 19.9 Å². The Kier molecular flexibility index (Phi) is 5.69. The van der Waals surface area contributed by atoms with Crippen molar-refractivity contribution < 1.29 is 4.79 Å². The van der Waals surface area contributed by atoms with E-state index in [1.54, 1.807) is 16.7 Å². The molecular weight excluding hydrogens is 430 g/mol. The molecular formula is C24H22ClN3O2S. The summed E-state index contributed by atoms with van der Waals surface area (Å²) < 4.78 is 2.15. The monoisotopic (exact) mass is 451 g/mol. The molecule has 5 nitrogen and oxygen atoms in total. The molecule has 0 aliphatic carbocycles. The van der Waals surface area contributed by atoms with Crippen LogP contribution in [0.25, 0.3) is 6.08 Å². The van der Waals surface area contributed by atoms with Gasteiger partial charge in [0.25, 0.3) is 5.56 Å². The van der Waals surface area contributed by atoms with Crippen LogP contribution in [0, 0.1) is 0 Å².